The average molecular weight is 301 g/mol. The van der Waals surface area contributed by atoms with E-state index in [0.29, 0.717) is 0 Å². The number of hydrogen-bond acceptors (Lipinski definition) is 3. The molecule has 3 aromatic carbocycles. The second kappa shape index (κ2) is 5.36. The zero-order valence-electron chi connectivity index (χ0n) is 12.9. The second-order valence-corrected chi connectivity index (χ2v) is 5.97. The fourth-order valence-electron chi connectivity index (χ4n) is 3.01. The van der Waals surface area contributed by atoms with Crippen LogP contribution in [0.5, 0.6) is 0 Å². The topological polar surface area (TPSA) is 55.3 Å². The van der Waals surface area contributed by atoms with Crippen LogP contribution in [0.25, 0.3) is 0 Å². The molecule has 3 heteroatoms. The van der Waals surface area contributed by atoms with Crippen LogP contribution in [-0.4, -0.2) is 0 Å². The molecule has 4 rings (SSSR count). The minimum Gasteiger partial charge on any atom is -0.399 e. The number of nitrogen functional groups attached to an aromatic ring is 2. The molecule has 4 N–H and O–H groups in total. The van der Waals surface area contributed by atoms with Gasteiger partial charge in [0.2, 0.25) is 0 Å². The lowest BCUT2D eigenvalue weighted by Crippen LogP contribution is -2.14. The van der Waals surface area contributed by atoms with Crippen LogP contribution in [0.1, 0.15) is 11.1 Å². The van der Waals surface area contributed by atoms with Gasteiger partial charge in [-0.25, -0.2) is 0 Å². The largest absolute Gasteiger partial charge is 0.399 e. The summed E-state index contributed by atoms with van der Waals surface area (Å²) in [5.74, 6) is 0. The summed E-state index contributed by atoms with van der Waals surface area (Å²) in [6.07, 6.45) is 2.36. The summed E-state index contributed by atoms with van der Waals surface area (Å²) in [7, 11) is 0. The molecule has 0 saturated carbocycles. The van der Waals surface area contributed by atoms with Crippen molar-refractivity contribution in [2.75, 3.05) is 16.4 Å². The van der Waals surface area contributed by atoms with Crippen molar-refractivity contribution < 1.29 is 0 Å². The quantitative estimate of drug-likeness (QED) is 0.704. The van der Waals surface area contributed by atoms with E-state index in [4.69, 9.17) is 11.5 Å². The van der Waals surface area contributed by atoms with Crippen LogP contribution in [-0.2, 0) is 12.8 Å². The zero-order chi connectivity index (χ0) is 15.8. The van der Waals surface area contributed by atoms with Gasteiger partial charge >= 0.3 is 0 Å². The van der Waals surface area contributed by atoms with Crippen LogP contribution in [0.2, 0.25) is 0 Å². The van der Waals surface area contributed by atoms with Crippen LogP contribution in [0.15, 0.2) is 66.7 Å². The van der Waals surface area contributed by atoms with E-state index in [-0.39, 0.29) is 0 Å². The highest BCUT2D eigenvalue weighted by Crippen LogP contribution is 2.37. The molecular weight excluding hydrogens is 282 g/mol. The minimum absolute atomic E-state index is 0.767. The van der Waals surface area contributed by atoms with Gasteiger partial charge in [0.25, 0.3) is 0 Å². The Morgan fingerprint density at radius 1 is 0.565 bits per heavy atom. The molecule has 0 fully saturated rings. The maximum Gasteiger partial charge on any atom is 0.0464 e. The molecule has 114 valence electrons. The molecule has 0 atom stereocenters. The van der Waals surface area contributed by atoms with Crippen molar-refractivity contribution in [2.24, 2.45) is 0 Å². The Kier molecular flexibility index (Phi) is 3.19. The van der Waals surface area contributed by atoms with Gasteiger partial charge in [-0.2, -0.15) is 0 Å². The predicted molar refractivity (Wildman–Crippen MR) is 97.4 cm³/mol. The Hall–Kier alpha value is -2.94. The average Bonchev–Trinajstić information content (AvgIpc) is 2.53. The highest BCUT2D eigenvalue weighted by atomic mass is 15.1. The number of rotatable bonds is 3. The smallest absolute Gasteiger partial charge is 0.0464 e. The van der Waals surface area contributed by atoms with E-state index in [1.54, 1.807) is 0 Å². The maximum atomic E-state index is 5.84. The monoisotopic (exact) mass is 301 g/mol. The summed E-state index contributed by atoms with van der Waals surface area (Å²) in [6.45, 7) is 0. The van der Waals surface area contributed by atoms with Gasteiger partial charge in [-0.05, 0) is 84.6 Å². The summed E-state index contributed by atoms with van der Waals surface area (Å²) >= 11 is 0. The van der Waals surface area contributed by atoms with E-state index < -0.39 is 0 Å². The molecule has 23 heavy (non-hydrogen) atoms. The number of benzene rings is 3. The zero-order valence-corrected chi connectivity index (χ0v) is 12.9. The second-order valence-electron chi connectivity index (χ2n) is 5.97. The standard InChI is InChI=1S/C20H19N3/c21-16-4-9-18(10-5-16)23(19-11-6-17(22)7-12-19)20-8-3-14-1-2-15(14)13-20/h3-13H,1-2,21-22H2. The van der Waals surface area contributed by atoms with Crippen molar-refractivity contribution in [1.82, 2.24) is 0 Å². The molecule has 0 bridgehead atoms. The van der Waals surface area contributed by atoms with Crippen molar-refractivity contribution in [3.8, 4) is 0 Å². The van der Waals surface area contributed by atoms with Crippen LogP contribution in [0, 0.1) is 0 Å². The van der Waals surface area contributed by atoms with E-state index >= 15 is 0 Å². The first-order valence-corrected chi connectivity index (χ1v) is 7.84. The molecule has 0 amide bonds. The molecule has 0 aliphatic heterocycles. The highest BCUT2D eigenvalue weighted by molar-refractivity contribution is 5.78. The lowest BCUT2D eigenvalue weighted by Gasteiger charge is -2.28. The third-order valence-electron chi connectivity index (χ3n) is 4.41. The fourth-order valence-corrected chi connectivity index (χ4v) is 3.01. The van der Waals surface area contributed by atoms with Crippen molar-refractivity contribution >= 4 is 28.4 Å². The van der Waals surface area contributed by atoms with Gasteiger partial charge in [0.1, 0.15) is 0 Å². The Labute approximate surface area is 136 Å². The Balaban J connectivity index is 1.83. The molecular formula is C20H19N3. The highest BCUT2D eigenvalue weighted by Gasteiger charge is 2.17. The molecule has 3 aromatic rings. The van der Waals surface area contributed by atoms with Crippen molar-refractivity contribution in [2.45, 2.75) is 12.8 Å². The lowest BCUT2D eigenvalue weighted by atomic mass is 9.88. The van der Waals surface area contributed by atoms with Gasteiger partial charge in [-0.3, -0.25) is 0 Å². The Morgan fingerprint density at radius 2 is 1.04 bits per heavy atom. The lowest BCUT2D eigenvalue weighted by molar-refractivity contribution is 0.839. The molecule has 0 unspecified atom stereocenters. The first kappa shape index (κ1) is 13.7. The van der Waals surface area contributed by atoms with Gasteiger partial charge < -0.3 is 16.4 Å². The van der Waals surface area contributed by atoms with Gasteiger partial charge in [0, 0.05) is 28.4 Å². The number of aryl methyl sites for hydroxylation is 2. The number of hydrogen-bond donors (Lipinski definition) is 2. The SMILES string of the molecule is Nc1ccc(N(c2ccc(N)cc2)c2ccc3c(c2)CC3)cc1. The van der Waals surface area contributed by atoms with Crippen LogP contribution in [0.4, 0.5) is 28.4 Å². The third kappa shape index (κ3) is 2.50. The van der Waals surface area contributed by atoms with E-state index in [1.165, 1.54) is 24.0 Å². The van der Waals surface area contributed by atoms with Gasteiger partial charge in [0.15, 0.2) is 0 Å². The number of nitrogens with two attached hydrogens (primary N) is 2. The van der Waals surface area contributed by atoms with Crippen LogP contribution in [0.3, 0.4) is 0 Å². The molecule has 0 radical (unpaired) electrons. The number of fused-ring (bicyclic) bond motifs is 1. The number of nitrogens with zero attached hydrogens (tertiary/aromatic N) is 1. The summed E-state index contributed by atoms with van der Waals surface area (Å²) in [5, 5.41) is 0. The van der Waals surface area contributed by atoms with Gasteiger partial charge in [-0.1, -0.05) is 6.07 Å². The molecule has 1 aliphatic carbocycles. The summed E-state index contributed by atoms with van der Waals surface area (Å²) < 4.78 is 0. The maximum absolute atomic E-state index is 5.84. The molecule has 0 aromatic heterocycles. The predicted octanol–water partition coefficient (Wildman–Crippen LogP) is 4.42. The molecule has 1 aliphatic rings. The summed E-state index contributed by atoms with van der Waals surface area (Å²) in [5.41, 5.74) is 19.5. The summed E-state index contributed by atoms with van der Waals surface area (Å²) in [4.78, 5) is 2.23. The van der Waals surface area contributed by atoms with E-state index in [9.17, 15) is 0 Å². The third-order valence-corrected chi connectivity index (χ3v) is 4.41. The normalized spacial score (nSPS) is 12.3. The molecule has 0 spiro atoms. The van der Waals surface area contributed by atoms with Crippen LogP contribution >= 0.6 is 0 Å². The van der Waals surface area contributed by atoms with Crippen molar-refractivity contribution in [3.05, 3.63) is 77.9 Å². The van der Waals surface area contributed by atoms with Gasteiger partial charge in [-0.15, -0.1) is 0 Å². The van der Waals surface area contributed by atoms with Gasteiger partial charge in [0.05, 0.1) is 0 Å². The van der Waals surface area contributed by atoms with Crippen molar-refractivity contribution in [1.29, 1.82) is 0 Å². The molecule has 0 heterocycles. The summed E-state index contributed by atoms with van der Waals surface area (Å²) in [6, 6.07) is 22.6. The first-order valence-electron chi connectivity index (χ1n) is 7.84. The Bertz CT molecular complexity index is 790. The first-order chi connectivity index (χ1) is 11.2. The van der Waals surface area contributed by atoms with E-state index in [1.807, 2.05) is 48.5 Å². The van der Waals surface area contributed by atoms with Crippen LogP contribution < -0.4 is 16.4 Å². The molecule has 0 saturated heterocycles. The number of anilines is 5. The minimum atomic E-state index is 0.767. The van der Waals surface area contributed by atoms with E-state index in [0.717, 1.165) is 28.4 Å². The van der Waals surface area contributed by atoms with E-state index in [2.05, 4.69) is 23.1 Å². The fraction of sp³-hybridized carbons (Fsp3) is 0.100. The molecule has 3 nitrogen and oxygen atoms in total. The Morgan fingerprint density at radius 3 is 1.48 bits per heavy atom. The van der Waals surface area contributed by atoms with Crippen molar-refractivity contribution in [3.63, 3.8) is 0 Å².